The molecule has 1 aromatic rings. The highest BCUT2D eigenvalue weighted by Crippen LogP contribution is 2.35. The molecule has 6 atom stereocenters. The van der Waals surface area contributed by atoms with Crippen LogP contribution in [0.3, 0.4) is 0 Å². The number of amides is 1. The first kappa shape index (κ1) is 20.7. The largest absolute Gasteiger partial charge is 0.373 e. The monoisotopic (exact) mass is 427 g/mol. The third-order valence-electron chi connectivity index (χ3n) is 7.52. The van der Waals surface area contributed by atoms with Crippen LogP contribution in [0.2, 0.25) is 0 Å². The van der Waals surface area contributed by atoms with Gasteiger partial charge in [-0.25, -0.2) is 4.39 Å². The van der Waals surface area contributed by atoms with Gasteiger partial charge in [0.1, 0.15) is 11.9 Å². The normalized spacial score (nSPS) is 33.2. The minimum Gasteiger partial charge on any atom is -0.373 e. The van der Waals surface area contributed by atoms with Crippen LogP contribution in [0.5, 0.6) is 0 Å². The maximum atomic E-state index is 14.9. The van der Waals surface area contributed by atoms with Gasteiger partial charge in [0.2, 0.25) is 5.91 Å². The molecule has 7 nitrogen and oxygen atoms in total. The van der Waals surface area contributed by atoms with E-state index in [1.54, 1.807) is 12.1 Å². The molecular formula is C23H30FN5O2. The van der Waals surface area contributed by atoms with Crippen LogP contribution in [0.25, 0.3) is 0 Å². The minimum absolute atomic E-state index is 0.139. The number of rotatable bonds is 5. The molecule has 31 heavy (non-hydrogen) atoms. The summed E-state index contributed by atoms with van der Waals surface area (Å²) in [5.74, 6) is -0.124. The van der Waals surface area contributed by atoms with Gasteiger partial charge in [0, 0.05) is 37.8 Å². The second kappa shape index (κ2) is 8.38. The van der Waals surface area contributed by atoms with Gasteiger partial charge < -0.3 is 20.3 Å². The number of fused-ring (bicyclic) bond motifs is 3. The van der Waals surface area contributed by atoms with E-state index < -0.39 is 6.04 Å². The van der Waals surface area contributed by atoms with Gasteiger partial charge in [0.15, 0.2) is 0 Å². The van der Waals surface area contributed by atoms with Gasteiger partial charge in [-0.05, 0) is 49.9 Å². The van der Waals surface area contributed by atoms with Gasteiger partial charge in [-0.1, -0.05) is 6.07 Å². The molecule has 4 fully saturated rings. The van der Waals surface area contributed by atoms with Crippen LogP contribution in [-0.2, 0) is 16.0 Å². The molecule has 1 aliphatic carbocycles. The van der Waals surface area contributed by atoms with E-state index in [0.29, 0.717) is 23.6 Å². The quantitative estimate of drug-likeness (QED) is 0.731. The highest BCUT2D eigenvalue weighted by atomic mass is 19.1. The lowest BCUT2D eigenvalue weighted by Gasteiger charge is -2.33. The molecule has 3 saturated heterocycles. The fraction of sp³-hybridized carbons (Fsp3) is 0.652. The van der Waals surface area contributed by atoms with Crippen LogP contribution in [0.4, 0.5) is 10.1 Å². The van der Waals surface area contributed by atoms with E-state index in [9.17, 15) is 14.4 Å². The number of nitriles is 1. The number of anilines is 1. The van der Waals surface area contributed by atoms with Crippen LogP contribution in [-0.4, -0.2) is 74.4 Å². The van der Waals surface area contributed by atoms with Crippen molar-refractivity contribution in [3.63, 3.8) is 0 Å². The molecule has 3 aliphatic heterocycles. The number of nitrogens with zero attached hydrogens (tertiary/aromatic N) is 3. The Bertz CT molecular complexity index is 889. The van der Waals surface area contributed by atoms with Gasteiger partial charge in [0.25, 0.3) is 0 Å². The number of carbonyl (C=O) groups excluding carboxylic acids is 1. The predicted octanol–water partition coefficient (Wildman–Crippen LogP) is 1.04. The van der Waals surface area contributed by atoms with Crippen LogP contribution in [0.1, 0.15) is 24.8 Å². The third kappa shape index (κ3) is 4.02. The van der Waals surface area contributed by atoms with E-state index in [1.165, 1.54) is 0 Å². The van der Waals surface area contributed by atoms with E-state index in [1.807, 2.05) is 6.07 Å². The fourth-order valence-electron chi connectivity index (χ4n) is 5.73. The summed E-state index contributed by atoms with van der Waals surface area (Å²) in [5.41, 5.74) is 1.28. The summed E-state index contributed by atoms with van der Waals surface area (Å²) in [6.45, 7) is 3.22. The number of likely N-dealkylation sites (N-methyl/N-ethyl adjacent to an activating group) is 1. The zero-order valence-electron chi connectivity index (χ0n) is 17.9. The van der Waals surface area contributed by atoms with Crippen molar-refractivity contribution >= 4 is 11.6 Å². The Balaban J connectivity index is 1.21. The molecule has 5 rings (SSSR count). The molecule has 2 N–H and O–H groups in total. The van der Waals surface area contributed by atoms with E-state index >= 15 is 0 Å². The second-order valence-electron chi connectivity index (χ2n) is 9.45. The number of morpholine rings is 1. The first-order chi connectivity index (χ1) is 15.0. The van der Waals surface area contributed by atoms with E-state index in [4.69, 9.17) is 4.74 Å². The SMILES string of the molecule is CN1CCO[C@@H]2CN(c3ccc(C[C@@H](C#N)NC(=O)[C@H]4N[C@@H]5CC[C@H]4C5)c(F)c3)C[C@@H]21. The number of nitrogens with one attached hydrogen (secondary N) is 2. The lowest BCUT2D eigenvalue weighted by molar-refractivity contribution is -0.124. The number of ether oxygens (including phenoxy) is 1. The Morgan fingerprint density at radius 1 is 1.42 bits per heavy atom. The van der Waals surface area contributed by atoms with Crippen molar-refractivity contribution in [3.05, 3.63) is 29.6 Å². The molecule has 0 unspecified atom stereocenters. The predicted molar refractivity (Wildman–Crippen MR) is 114 cm³/mol. The summed E-state index contributed by atoms with van der Waals surface area (Å²) >= 11 is 0. The molecular weight excluding hydrogens is 397 g/mol. The van der Waals surface area contributed by atoms with Gasteiger partial charge in [-0.15, -0.1) is 0 Å². The average molecular weight is 428 g/mol. The van der Waals surface area contributed by atoms with Crippen LogP contribution >= 0.6 is 0 Å². The molecule has 0 radical (unpaired) electrons. The average Bonchev–Trinajstić information content (AvgIpc) is 3.50. The molecule has 4 aliphatic rings. The van der Waals surface area contributed by atoms with Crippen molar-refractivity contribution in [3.8, 4) is 6.07 Å². The van der Waals surface area contributed by atoms with Crippen molar-refractivity contribution < 1.29 is 13.9 Å². The Morgan fingerprint density at radius 2 is 2.29 bits per heavy atom. The first-order valence-corrected chi connectivity index (χ1v) is 11.3. The molecule has 8 heteroatoms. The lowest BCUT2D eigenvalue weighted by Crippen LogP contribution is -2.50. The summed E-state index contributed by atoms with van der Waals surface area (Å²) in [6.07, 6.45) is 3.52. The highest BCUT2D eigenvalue weighted by Gasteiger charge is 2.43. The fourth-order valence-corrected chi connectivity index (χ4v) is 5.73. The number of benzene rings is 1. The van der Waals surface area contributed by atoms with Crippen LogP contribution in [0, 0.1) is 23.1 Å². The zero-order valence-corrected chi connectivity index (χ0v) is 17.9. The molecule has 1 aromatic carbocycles. The number of carbonyl (C=O) groups is 1. The molecule has 3 heterocycles. The maximum Gasteiger partial charge on any atom is 0.238 e. The Labute approximate surface area is 182 Å². The van der Waals surface area contributed by atoms with E-state index in [0.717, 1.165) is 51.2 Å². The summed E-state index contributed by atoms with van der Waals surface area (Å²) in [4.78, 5) is 17.1. The van der Waals surface area contributed by atoms with Gasteiger partial charge in [0.05, 0.1) is 30.9 Å². The van der Waals surface area contributed by atoms with Crippen LogP contribution in [0.15, 0.2) is 18.2 Å². The van der Waals surface area contributed by atoms with Crippen LogP contribution < -0.4 is 15.5 Å². The summed E-state index contributed by atoms with van der Waals surface area (Å²) in [5, 5.41) is 15.7. The first-order valence-electron chi connectivity index (χ1n) is 11.3. The van der Waals surface area contributed by atoms with Crippen molar-refractivity contribution in [2.75, 3.05) is 38.2 Å². The van der Waals surface area contributed by atoms with E-state index in [2.05, 4.69) is 33.6 Å². The van der Waals surface area contributed by atoms with Gasteiger partial charge >= 0.3 is 0 Å². The van der Waals surface area contributed by atoms with Crippen molar-refractivity contribution in [2.45, 2.75) is 56.0 Å². The Hall–Kier alpha value is -2.21. The molecule has 0 aromatic heterocycles. The minimum atomic E-state index is -0.745. The molecule has 1 saturated carbocycles. The van der Waals surface area contributed by atoms with Crippen molar-refractivity contribution in [2.24, 2.45) is 5.92 Å². The summed E-state index contributed by atoms with van der Waals surface area (Å²) < 4.78 is 20.8. The number of hydrogen-bond acceptors (Lipinski definition) is 6. The van der Waals surface area contributed by atoms with Gasteiger partial charge in [-0.2, -0.15) is 5.26 Å². The Morgan fingerprint density at radius 3 is 2.97 bits per heavy atom. The highest BCUT2D eigenvalue weighted by molar-refractivity contribution is 5.83. The van der Waals surface area contributed by atoms with Crippen molar-refractivity contribution in [1.82, 2.24) is 15.5 Å². The molecule has 2 bridgehead atoms. The maximum absolute atomic E-state index is 14.9. The number of hydrogen-bond donors (Lipinski definition) is 2. The van der Waals surface area contributed by atoms with Crippen molar-refractivity contribution in [1.29, 1.82) is 5.26 Å². The topological polar surface area (TPSA) is 80.6 Å². The third-order valence-corrected chi connectivity index (χ3v) is 7.52. The second-order valence-corrected chi connectivity index (χ2v) is 9.45. The molecule has 1 amide bonds. The smallest absolute Gasteiger partial charge is 0.238 e. The number of piperidine rings is 1. The molecule has 0 spiro atoms. The van der Waals surface area contributed by atoms with E-state index in [-0.39, 0.29) is 30.3 Å². The molecule has 166 valence electrons. The Kier molecular flexibility index (Phi) is 5.59. The summed E-state index contributed by atoms with van der Waals surface area (Å²) in [6, 6.07) is 7.10. The summed E-state index contributed by atoms with van der Waals surface area (Å²) in [7, 11) is 2.11. The zero-order chi connectivity index (χ0) is 21.5. The number of halogens is 1. The lowest BCUT2D eigenvalue weighted by atomic mass is 9.98. The standard InChI is InChI=1S/C23H30FN5O2/c1-28-6-7-31-21-13-29(12-20(21)28)18-5-3-14(19(24)10-18)8-17(11-25)27-23(30)22-15-2-4-16(9-15)26-22/h3,5,10,15-17,20-22,26H,2,4,6-9,12-13H2,1H3,(H,27,30)/t15-,16+,17-,20-,21+,22-/m0/s1. The van der Waals surface area contributed by atoms with Gasteiger partial charge in [-0.3, -0.25) is 9.69 Å².